The summed E-state index contributed by atoms with van der Waals surface area (Å²) in [5.74, 6) is 0. The Hall–Kier alpha value is -0.860. The van der Waals surface area contributed by atoms with E-state index in [1.54, 1.807) is 11.1 Å². The van der Waals surface area contributed by atoms with Gasteiger partial charge < -0.3 is 5.32 Å². The second-order valence-electron chi connectivity index (χ2n) is 6.40. The van der Waals surface area contributed by atoms with Crippen LogP contribution in [0.3, 0.4) is 0 Å². The van der Waals surface area contributed by atoms with Crippen molar-refractivity contribution >= 4 is 0 Å². The maximum atomic E-state index is 3.76. The number of likely N-dealkylation sites (N-methyl/N-ethyl adjacent to an activating group) is 1. The van der Waals surface area contributed by atoms with Gasteiger partial charge in [-0.15, -0.1) is 0 Å². The summed E-state index contributed by atoms with van der Waals surface area (Å²) < 4.78 is 0. The molecule has 0 amide bonds. The number of nitrogens with zero attached hydrogens (tertiary/aromatic N) is 1. The van der Waals surface area contributed by atoms with Crippen LogP contribution in [-0.2, 0) is 13.1 Å². The van der Waals surface area contributed by atoms with Crippen LogP contribution in [0.5, 0.6) is 0 Å². The standard InChI is InChI=1S/C18H28N2/c1-2-19-17-11-5-3-4-6-12-18(17)20-13-15-9-7-8-10-16(15)14-20/h7-10,17-19H,2-6,11-14H2,1H3. The van der Waals surface area contributed by atoms with Gasteiger partial charge in [-0.3, -0.25) is 4.90 Å². The molecule has 1 aromatic rings. The highest BCUT2D eigenvalue weighted by Crippen LogP contribution is 2.30. The lowest BCUT2D eigenvalue weighted by molar-refractivity contribution is 0.133. The van der Waals surface area contributed by atoms with Crippen molar-refractivity contribution in [1.82, 2.24) is 10.2 Å². The first-order valence-corrected chi connectivity index (χ1v) is 8.42. The topological polar surface area (TPSA) is 15.3 Å². The first-order chi connectivity index (χ1) is 9.88. The van der Waals surface area contributed by atoms with Crippen molar-refractivity contribution < 1.29 is 0 Å². The van der Waals surface area contributed by atoms with E-state index in [1.165, 1.54) is 38.5 Å². The Labute approximate surface area is 123 Å². The van der Waals surface area contributed by atoms with Gasteiger partial charge in [-0.1, -0.05) is 56.9 Å². The van der Waals surface area contributed by atoms with Gasteiger partial charge in [-0.25, -0.2) is 0 Å². The van der Waals surface area contributed by atoms with Crippen LogP contribution in [0.15, 0.2) is 24.3 Å². The fourth-order valence-electron chi connectivity index (χ4n) is 4.00. The van der Waals surface area contributed by atoms with Gasteiger partial charge in [0.2, 0.25) is 0 Å². The molecule has 0 bridgehead atoms. The molecule has 3 rings (SSSR count). The van der Waals surface area contributed by atoms with Crippen LogP contribution in [0.25, 0.3) is 0 Å². The van der Waals surface area contributed by atoms with Crippen molar-refractivity contribution in [3.63, 3.8) is 0 Å². The minimum Gasteiger partial charge on any atom is -0.313 e. The second-order valence-corrected chi connectivity index (χ2v) is 6.40. The van der Waals surface area contributed by atoms with Crippen LogP contribution in [0.1, 0.15) is 56.6 Å². The Kier molecular flexibility index (Phi) is 4.74. The molecule has 1 fully saturated rings. The van der Waals surface area contributed by atoms with Gasteiger partial charge in [-0.2, -0.15) is 0 Å². The summed E-state index contributed by atoms with van der Waals surface area (Å²) >= 11 is 0. The van der Waals surface area contributed by atoms with Gasteiger partial charge >= 0.3 is 0 Å². The van der Waals surface area contributed by atoms with E-state index in [-0.39, 0.29) is 0 Å². The third-order valence-corrected chi connectivity index (χ3v) is 5.03. The first-order valence-electron chi connectivity index (χ1n) is 8.42. The van der Waals surface area contributed by atoms with Gasteiger partial charge in [0, 0.05) is 25.2 Å². The predicted octanol–water partition coefficient (Wildman–Crippen LogP) is 3.70. The predicted molar refractivity (Wildman–Crippen MR) is 84.6 cm³/mol. The smallest absolute Gasteiger partial charge is 0.0256 e. The SMILES string of the molecule is CCNC1CCCCCCC1N1Cc2ccccc2C1. The summed E-state index contributed by atoms with van der Waals surface area (Å²) in [4.78, 5) is 2.73. The summed E-state index contributed by atoms with van der Waals surface area (Å²) in [7, 11) is 0. The van der Waals surface area contributed by atoms with Crippen molar-refractivity contribution in [2.75, 3.05) is 6.54 Å². The van der Waals surface area contributed by atoms with Crippen molar-refractivity contribution in [1.29, 1.82) is 0 Å². The molecule has 0 aromatic heterocycles. The minimum absolute atomic E-state index is 0.689. The Morgan fingerprint density at radius 1 is 1.00 bits per heavy atom. The molecule has 20 heavy (non-hydrogen) atoms. The second kappa shape index (κ2) is 6.73. The van der Waals surface area contributed by atoms with E-state index in [0.29, 0.717) is 6.04 Å². The minimum atomic E-state index is 0.689. The van der Waals surface area contributed by atoms with Crippen LogP contribution in [0.4, 0.5) is 0 Å². The number of rotatable bonds is 3. The molecule has 0 radical (unpaired) electrons. The normalized spacial score (nSPS) is 27.9. The largest absolute Gasteiger partial charge is 0.313 e. The Balaban J connectivity index is 1.72. The Morgan fingerprint density at radius 2 is 1.65 bits per heavy atom. The molecule has 2 atom stereocenters. The van der Waals surface area contributed by atoms with E-state index in [4.69, 9.17) is 0 Å². The highest BCUT2D eigenvalue weighted by atomic mass is 15.2. The average Bonchev–Trinajstić information content (AvgIpc) is 2.85. The van der Waals surface area contributed by atoms with Crippen LogP contribution >= 0.6 is 0 Å². The molecule has 2 aliphatic rings. The van der Waals surface area contributed by atoms with E-state index in [0.717, 1.165) is 25.7 Å². The molecule has 1 aliphatic carbocycles. The van der Waals surface area contributed by atoms with Gasteiger partial charge in [0.1, 0.15) is 0 Å². The van der Waals surface area contributed by atoms with Crippen LogP contribution in [-0.4, -0.2) is 23.5 Å². The van der Waals surface area contributed by atoms with Gasteiger partial charge in [0.15, 0.2) is 0 Å². The summed E-state index contributed by atoms with van der Waals surface area (Å²) in [5.41, 5.74) is 3.09. The first kappa shape index (κ1) is 14.1. The van der Waals surface area contributed by atoms with E-state index in [1.807, 2.05) is 0 Å². The third-order valence-electron chi connectivity index (χ3n) is 5.03. The number of hydrogen-bond acceptors (Lipinski definition) is 2. The molecule has 1 aromatic carbocycles. The summed E-state index contributed by atoms with van der Waals surface area (Å²) in [6.45, 7) is 5.65. The molecule has 1 heterocycles. The molecular weight excluding hydrogens is 244 g/mol. The fraction of sp³-hybridized carbons (Fsp3) is 0.667. The quantitative estimate of drug-likeness (QED) is 0.902. The lowest BCUT2D eigenvalue weighted by Crippen LogP contribution is -2.48. The zero-order valence-electron chi connectivity index (χ0n) is 12.8. The summed E-state index contributed by atoms with van der Waals surface area (Å²) in [6, 6.07) is 10.4. The molecule has 1 N–H and O–H groups in total. The monoisotopic (exact) mass is 272 g/mol. The maximum Gasteiger partial charge on any atom is 0.0256 e. The van der Waals surface area contributed by atoms with Crippen molar-refractivity contribution in [3.8, 4) is 0 Å². The fourth-order valence-corrected chi connectivity index (χ4v) is 4.00. The van der Waals surface area contributed by atoms with Gasteiger partial charge in [0.05, 0.1) is 0 Å². The van der Waals surface area contributed by atoms with Crippen molar-refractivity contribution in [2.45, 2.75) is 70.6 Å². The molecule has 2 unspecified atom stereocenters. The third kappa shape index (κ3) is 3.07. The Bertz CT molecular complexity index is 404. The lowest BCUT2D eigenvalue weighted by Gasteiger charge is -2.36. The molecule has 1 saturated carbocycles. The number of hydrogen-bond donors (Lipinski definition) is 1. The lowest BCUT2D eigenvalue weighted by atomic mass is 9.91. The van der Waals surface area contributed by atoms with E-state index >= 15 is 0 Å². The summed E-state index contributed by atoms with van der Waals surface area (Å²) in [6.07, 6.45) is 8.37. The van der Waals surface area contributed by atoms with Crippen molar-refractivity contribution in [3.05, 3.63) is 35.4 Å². The van der Waals surface area contributed by atoms with E-state index < -0.39 is 0 Å². The van der Waals surface area contributed by atoms with Crippen LogP contribution < -0.4 is 5.32 Å². The molecule has 2 nitrogen and oxygen atoms in total. The molecule has 0 spiro atoms. The molecule has 0 saturated heterocycles. The van der Waals surface area contributed by atoms with Crippen LogP contribution in [0.2, 0.25) is 0 Å². The van der Waals surface area contributed by atoms with Crippen molar-refractivity contribution in [2.24, 2.45) is 0 Å². The van der Waals surface area contributed by atoms with Crippen LogP contribution in [0, 0.1) is 0 Å². The summed E-state index contributed by atoms with van der Waals surface area (Å²) in [5, 5.41) is 3.76. The molecular formula is C18H28N2. The zero-order chi connectivity index (χ0) is 13.8. The number of nitrogens with one attached hydrogen (secondary N) is 1. The van der Waals surface area contributed by atoms with Gasteiger partial charge in [0.25, 0.3) is 0 Å². The Morgan fingerprint density at radius 3 is 2.30 bits per heavy atom. The maximum absolute atomic E-state index is 3.76. The van der Waals surface area contributed by atoms with E-state index in [2.05, 4.69) is 41.4 Å². The molecule has 110 valence electrons. The molecule has 1 aliphatic heterocycles. The highest BCUT2D eigenvalue weighted by molar-refractivity contribution is 5.30. The zero-order valence-corrected chi connectivity index (χ0v) is 12.8. The van der Waals surface area contributed by atoms with E-state index in [9.17, 15) is 0 Å². The van der Waals surface area contributed by atoms with Gasteiger partial charge in [-0.05, 0) is 30.5 Å². The highest BCUT2D eigenvalue weighted by Gasteiger charge is 2.31. The number of fused-ring (bicyclic) bond motifs is 1. The number of benzene rings is 1. The average molecular weight is 272 g/mol. The molecule has 2 heteroatoms.